The summed E-state index contributed by atoms with van der Waals surface area (Å²) in [6, 6.07) is 9.32. The number of allylic oxidation sites excluding steroid dienone is 1. The average molecular weight is 342 g/mol. The Kier molecular flexibility index (Phi) is 4.14. The van der Waals surface area contributed by atoms with Crippen molar-refractivity contribution in [3.05, 3.63) is 87.5 Å². The molecule has 0 saturated carbocycles. The normalized spacial score (nSPS) is 11.3. The van der Waals surface area contributed by atoms with E-state index in [0.717, 1.165) is 24.3 Å². The van der Waals surface area contributed by atoms with Gasteiger partial charge in [0.15, 0.2) is 0 Å². The van der Waals surface area contributed by atoms with Gasteiger partial charge < -0.3 is 10.4 Å². The maximum absolute atomic E-state index is 13.6. The molecule has 25 heavy (non-hydrogen) atoms. The second kappa shape index (κ2) is 6.27. The van der Waals surface area contributed by atoms with E-state index in [-0.39, 0.29) is 16.7 Å². The zero-order valence-electron chi connectivity index (χ0n) is 13.1. The maximum atomic E-state index is 13.6. The van der Waals surface area contributed by atoms with Crippen molar-refractivity contribution in [1.29, 1.82) is 0 Å². The molecule has 0 atom stereocenters. The van der Waals surface area contributed by atoms with Crippen molar-refractivity contribution in [3.8, 4) is 0 Å². The van der Waals surface area contributed by atoms with Crippen LogP contribution in [0.4, 0.5) is 8.78 Å². The lowest BCUT2D eigenvalue weighted by molar-refractivity contribution is -0.635. The molecule has 2 aromatic carbocycles. The van der Waals surface area contributed by atoms with Gasteiger partial charge in [-0.2, -0.15) is 9.46 Å². The standard InChI is InChI=1S/C18H12F2N2O3/c1-11-18(22(25)16-8-3-2-7-15(16)21(11)24)17(23)10-9-12-13(19)5-4-6-14(12)20/h2-10H,1H3. The smallest absolute Gasteiger partial charge is 0.333 e. The van der Waals surface area contributed by atoms with E-state index in [1.165, 1.54) is 25.1 Å². The first-order chi connectivity index (χ1) is 11.9. The SMILES string of the molecule is Cc1c(C(=O)C=Cc2c(F)cccc2F)[n+]([O-])c2ccccc2[n+]1[O-]. The van der Waals surface area contributed by atoms with E-state index < -0.39 is 28.7 Å². The molecule has 0 aliphatic rings. The van der Waals surface area contributed by atoms with Gasteiger partial charge in [0.1, 0.15) is 11.6 Å². The van der Waals surface area contributed by atoms with E-state index in [4.69, 9.17) is 0 Å². The van der Waals surface area contributed by atoms with E-state index in [9.17, 15) is 24.0 Å². The molecule has 0 bridgehead atoms. The van der Waals surface area contributed by atoms with Gasteiger partial charge in [-0.15, -0.1) is 0 Å². The van der Waals surface area contributed by atoms with Crippen LogP contribution in [0.15, 0.2) is 48.5 Å². The third-order valence-corrected chi connectivity index (χ3v) is 3.80. The third-order valence-electron chi connectivity index (χ3n) is 3.80. The van der Waals surface area contributed by atoms with Crippen molar-refractivity contribution in [2.75, 3.05) is 0 Å². The van der Waals surface area contributed by atoms with Crippen LogP contribution in [0, 0.1) is 29.0 Å². The molecule has 0 N–H and O–H groups in total. The molecule has 0 amide bonds. The van der Waals surface area contributed by atoms with Crippen LogP contribution >= 0.6 is 0 Å². The first kappa shape index (κ1) is 16.5. The minimum atomic E-state index is -0.840. The van der Waals surface area contributed by atoms with E-state index in [1.54, 1.807) is 12.1 Å². The van der Waals surface area contributed by atoms with Crippen LogP contribution in [0.3, 0.4) is 0 Å². The molecule has 0 fully saturated rings. The van der Waals surface area contributed by atoms with E-state index in [0.29, 0.717) is 9.46 Å². The largest absolute Gasteiger partial charge is 0.618 e. The van der Waals surface area contributed by atoms with E-state index in [1.807, 2.05) is 0 Å². The minimum Gasteiger partial charge on any atom is -0.618 e. The Labute approximate surface area is 141 Å². The van der Waals surface area contributed by atoms with Crippen LogP contribution in [0.1, 0.15) is 21.7 Å². The van der Waals surface area contributed by atoms with E-state index >= 15 is 0 Å². The fourth-order valence-corrected chi connectivity index (χ4v) is 2.54. The van der Waals surface area contributed by atoms with Crippen LogP contribution < -0.4 is 9.46 Å². The number of ketones is 1. The molecule has 1 heterocycles. The van der Waals surface area contributed by atoms with Crippen molar-refractivity contribution in [1.82, 2.24) is 0 Å². The molecule has 0 unspecified atom stereocenters. The first-order valence-corrected chi connectivity index (χ1v) is 7.32. The summed E-state index contributed by atoms with van der Waals surface area (Å²) < 4.78 is 28.1. The van der Waals surface area contributed by atoms with Gasteiger partial charge >= 0.3 is 5.69 Å². The number of rotatable bonds is 3. The Morgan fingerprint density at radius 1 is 0.960 bits per heavy atom. The summed E-state index contributed by atoms with van der Waals surface area (Å²) in [6.07, 6.45) is 1.81. The third kappa shape index (κ3) is 2.80. The lowest BCUT2D eigenvalue weighted by Gasteiger charge is -2.09. The predicted octanol–water partition coefficient (Wildman–Crippen LogP) is 2.59. The van der Waals surface area contributed by atoms with Crippen LogP contribution in [-0.2, 0) is 0 Å². The van der Waals surface area contributed by atoms with Gasteiger partial charge in [-0.1, -0.05) is 18.2 Å². The number of benzene rings is 2. The van der Waals surface area contributed by atoms with Crippen LogP contribution in [0.5, 0.6) is 0 Å². The van der Waals surface area contributed by atoms with Crippen molar-refractivity contribution in [2.45, 2.75) is 6.92 Å². The van der Waals surface area contributed by atoms with Crippen molar-refractivity contribution in [3.63, 3.8) is 0 Å². The molecule has 3 rings (SSSR count). The zero-order valence-corrected chi connectivity index (χ0v) is 13.1. The predicted molar refractivity (Wildman–Crippen MR) is 86.3 cm³/mol. The number of fused-ring (bicyclic) bond motifs is 1. The quantitative estimate of drug-likeness (QED) is 0.318. The van der Waals surface area contributed by atoms with Crippen LogP contribution in [-0.4, -0.2) is 5.78 Å². The number of carbonyl (C=O) groups excluding carboxylic acids is 1. The lowest BCUT2D eigenvalue weighted by Crippen LogP contribution is -2.46. The highest BCUT2D eigenvalue weighted by molar-refractivity contribution is 6.05. The van der Waals surface area contributed by atoms with Gasteiger partial charge in [-0.05, 0) is 24.3 Å². The number of para-hydroxylation sites is 2. The summed E-state index contributed by atoms with van der Waals surface area (Å²) in [5.41, 5.74) is -0.756. The highest BCUT2D eigenvalue weighted by Crippen LogP contribution is 2.15. The summed E-state index contributed by atoms with van der Waals surface area (Å²) in [6.45, 7) is 1.33. The fraction of sp³-hybridized carbons (Fsp3) is 0.0556. The highest BCUT2D eigenvalue weighted by Gasteiger charge is 2.29. The van der Waals surface area contributed by atoms with Crippen LogP contribution in [0.2, 0.25) is 0 Å². The van der Waals surface area contributed by atoms with Crippen molar-refractivity contribution in [2.24, 2.45) is 0 Å². The van der Waals surface area contributed by atoms with Crippen molar-refractivity contribution < 1.29 is 23.0 Å². The van der Waals surface area contributed by atoms with Gasteiger partial charge in [0, 0.05) is 24.6 Å². The van der Waals surface area contributed by atoms with Gasteiger partial charge in [-0.3, -0.25) is 4.79 Å². The zero-order chi connectivity index (χ0) is 18.1. The number of hydrogen-bond acceptors (Lipinski definition) is 3. The van der Waals surface area contributed by atoms with Crippen molar-refractivity contribution >= 4 is 22.9 Å². The molecule has 0 aliphatic heterocycles. The molecule has 1 aromatic heterocycles. The Bertz CT molecular complexity index is 1010. The molecule has 126 valence electrons. The minimum absolute atomic E-state index is 0.0249. The summed E-state index contributed by atoms with van der Waals surface area (Å²) in [7, 11) is 0. The molecular weight excluding hydrogens is 330 g/mol. The highest BCUT2D eigenvalue weighted by atomic mass is 19.1. The Hall–Kier alpha value is -3.35. The number of carbonyl (C=O) groups is 1. The summed E-state index contributed by atoms with van der Waals surface area (Å²) in [5, 5.41) is 24.7. The van der Waals surface area contributed by atoms with Crippen LogP contribution in [0.25, 0.3) is 17.1 Å². The summed E-state index contributed by atoms with van der Waals surface area (Å²) in [5.74, 6) is -2.51. The van der Waals surface area contributed by atoms with E-state index in [2.05, 4.69) is 0 Å². The number of hydrogen-bond donors (Lipinski definition) is 0. The average Bonchev–Trinajstić information content (AvgIpc) is 2.59. The monoisotopic (exact) mass is 342 g/mol. The second-order valence-electron chi connectivity index (χ2n) is 5.34. The first-order valence-electron chi connectivity index (χ1n) is 7.32. The summed E-state index contributed by atoms with van der Waals surface area (Å²) >= 11 is 0. The van der Waals surface area contributed by atoms with Gasteiger partial charge in [-0.25, -0.2) is 8.78 Å². The second-order valence-corrected chi connectivity index (χ2v) is 5.34. The molecule has 7 heteroatoms. The lowest BCUT2D eigenvalue weighted by atomic mass is 10.1. The molecular formula is C18H12F2N2O3. The molecule has 0 aliphatic carbocycles. The van der Waals surface area contributed by atoms with Gasteiger partial charge in [0.05, 0.1) is 0 Å². The Morgan fingerprint density at radius 2 is 1.52 bits per heavy atom. The molecule has 3 aromatic rings. The number of halogens is 2. The number of aromatic nitrogens is 2. The molecule has 0 spiro atoms. The Balaban J connectivity index is 2.11. The summed E-state index contributed by atoms with van der Waals surface area (Å²) in [4.78, 5) is 12.4. The van der Waals surface area contributed by atoms with Gasteiger partial charge in [0.25, 0.3) is 22.5 Å². The van der Waals surface area contributed by atoms with Gasteiger partial charge in [0.2, 0.25) is 0 Å². The molecule has 5 nitrogen and oxygen atoms in total. The fourth-order valence-electron chi connectivity index (χ4n) is 2.54. The Morgan fingerprint density at radius 3 is 2.12 bits per heavy atom. The number of nitrogens with zero attached hydrogens (tertiary/aromatic N) is 2. The maximum Gasteiger partial charge on any atom is 0.333 e. The molecule has 0 saturated heterocycles. The molecule has 0 radical (unpaired) electrons. The topological polar surface area (TPSA) is 71.0 Å².